The van der Waals surface area contributed by atoms with E-state index >= 15 is 0 Å². The first kappa shape index (κ1) is 43.0. The number of hydrogen-bond donors (Lipinski definition) is 0. The highest BCUT2D eigenvalue weighted by Gasteiger charge is 2.37. The lowest BCUT2D eigenvalue weighted by molar-refractivity contribution is 1.05. The van der Waals surface area contributed by atoms with Crippen molar-refractivity contribution in [3.63, 3.8) is 0 Å². The van der Waals surface area contributed by atoms with Crippen LogP contribution in [0.1, 0.15) is 0 Å². The second kappa shape index (κ2) is 17.5. The van der Waals surface area contributed by atoms with Crippen molar-refractivity contribution in [1.29, 1.82) is 0 Å². The average molecular weight is 975 g/mol. The predicted molar refractivity (Wildman–Crippen MR) is 320 cm³/mol. The first-order valence-electron chi connectivity index (χ1n) is 25.6. The zero-order valence-electron chi connectivity index (χ0n) is 40.8. The van der Waals surface area contributed by atoms with Gasteiger partial charge in [-0.15, -0.1) is 11.3 Å². The fraction of sp³-hybridized carbons (Fsp3) is 0. The number of rotatable bonds is 8. The summed E-state index contributed by atoms with van der Waals surface area (Å²) in [6, 6.07) is 102. The summed E-state index contributed by atoms with van der Waals surface area (Å²) in [6.07, 6.45) is 0. The molecule has 0 aliphatic carbocycles. The van der Waals surface area contributed by atoms with Gasteiger partial charge in [-0.3, -0.25) is 9.47 Å². The maximum absolute atomic E-state index is 2.47. The lowest BCUT2D eigenvalue weighted by Gasteiger charge is -2.39. The van der Waals surface area contributed by atoms with Gasteiger partial charge in [-0.2, -0.15) is 0 Å². The van der Waals surface area contributed by atoms with Crippen LogP contribution in [0, 0.1) is 0 Å². The molecule has 5 heteroatoms. The highest BCUT2D eigenvalue weighted by atomic mass is 32.1. The minimum atomic E-state index is 1.08. The van der Waals surface area contributed by atoms with E-state index in [-0.39, 0.29) is 0 Å². The van der Waals surface area contributed by atoms with Gasteiger partial charge < -0.3 is 9.80 Å². The molecule has 352 valence electrons. The van der Waals surface area contributed by atoms with Crippen LogP contribution in [0.5, 0.6) is 0 Å². The van der Waals surface area contributed by atoms with E-state index in [1.165, 1.54) is 47.1 Å². The highest BCUT2D eigenvalue weighted by molar-refractivity contribution is 7.25. The fourth-order valence-corrected chi connectivity index (χ4v) is 12.8. The molecule has 0 atom stereocenters. The molecule has 0 bridgehead atoms. The van der Waals surface area contributed by atoms with Gasteiger partial charge in [-0.05, 0) is 153 Å². The molecule has 0 spiro atoms. The number of hydrogen-bond acceptors (Lipinski definition) is 4. The van der Waals surface area contributed by atoms with E-state index in [2.05, 4.69) is 298 Å². The molecule has 2 aromatic heterocycles. The van der Waals surface area contributed by atoms with Crippen molar-refractivity contribution in [2.24, 2.45) is 0 Å². The molecule has 1 aliphatic rings. The van der Waals surface area contributed by atoms with Gasteiger partial charge in [-0.1, -0.05) is 170 Å². The average Bonchev–Trinajstić information content (AvgIpc) is 4.04. The van der Waals surface area contributed by atoms with Crippen molar-refractivity contribution < 1.29 is 0 Å². The van der Waals surface area contributed by atoms with E-state index in [9.17, 15) is 0 Å². The number of anilines is 9. The molecule has 0 saturated heterocycles. The lowest BCUT2D eigenvalue weighted by Crippen LogP contribution is -2.25. The highest BCUT2D eigenvalue weighted by Crippen LogP contribution is 2.59. The van der Waals surface area contributed by atoms with Crippen molar-refractivity contribution >= 4 is 115 Å². The molecule has 0 saturated carbocycles. The van der Waals surface area contributed by atoms with Gasteiger partial charge >= 0.3 is 0 Å². The predicted octanol–water partition coefficient (Wildman–Crippen LogP) is 20.4. The quantitative estimate of drug-likeness (QED) is 0.141. The molecule has 75 heavy (non-hydrogen) atoms. The van der Waals surface area contributed by atoms with Gasteiger partial charge in [0.15, 0.2) is 0 Å². The Morgan fingerprint density at radius 1 is 0.320 bits per heavy atom. The number of benzene rings is 12. The van der Waals surface area contributed by atoms with Crippen LogP contribution in [0.25, 0.3) is 80.6 Å². The molecule has 0 N–H and O–H groups in total. The Balaban J connectivity index is 0.892. The topological polar surface area (TPSA) is 14.7 Å². The maximum Gasteiger partial charge on any atom is 0.148 e. The number of fused-ring (bicyclic) bond motifs is 10. The summed E-state index contributed by atoms with van der Waals surface area (Å²) in [7, 11) is 0. The normalized spacial score (nSPS) is 12.2. The molecule has 12 aromatic carbocycles. The number of thiophene rings is 1. The molecule has 0 amide bonds. The van der Waals surface area contributed by atoms with E-state index in [4.69, 9.17) is 0 Å². The van der Waals surface area contributed by atoms with Crippen LogP contribution in [-0.2, 0) is 0 Å². The molecule has 0 unspecified atom stereocenters. The molecular formula is C70H46N4S. The van der Waals surface area contributed by atoms with Crippen molar-refractivity contribution in [2.45, 2.75) is 0 Å². The first-order chi connectivity index (χ1) is 37.2. The molecule has 1 aliphatic heterocycles. The van der Waals surface area contributed by atoms with Gasteiger partial charge in [0, 0.05) is 59.7 Å². The Bertz CT molecular complexity index is 4480. The Hall–Kier alpha value is -9.68. The fourth-order valence-electron chi connectivity index (χ4n) is 11.7. The molecule has 14 aromatic rings. The maximum atomic E-state index is 2.47. The molecule has 0 radical (unpaired) electrons. The van der Waals surface area contributed by atoms with Gasteiger partial charge in [0.25, 0.3) is 0 Å². The third kappa shape index (κ3) is 7.04. The molecular weight excluding hydrogens is 929 g/mol. The molecule has 0 fully saturated rings. The van der Waals surface area contributed by atoms with Gasteiger partial charge in [0.2, 0.25) is 0 Å². The van der Waals surface area contributed by atoms with Crippen LogP contribution in [0.4, 0.5) is 51.3 Å². The van der Waals surface area contributed by atoms with E-state index in [1.807, 2.05) is 11.3 Å². The summed E-state index contributed by atoms with van der Waals surface area (Å²) < 4.78 is 5.05. The second-order valence-corrected chi connectivity index (χ2v) is 20.4. The van der Waals surface area contributed by atoms with Crippen molar-refractivity contribution in [3.05, 3.63) is 279 Å². The SMILES string of the molecule is c1ccc(N2c3ccccc3N(c3ccccc3)c3c2c2c(-c4cccc(-c5ccc(N(c6ccc7c(ccc8ccccc87)c6)c6ccc7sc8ccccc8c7c6)cc5)c4)cccc2n3-c2ccccc2)cc1. The van der Waals surface area contributed by atoms with Gasteiger partial charge in [0.05, 0.1) is 22.6 Å². The van der Waals surface area contributed by atoms with Crippen molar-refractivity contribution in [3.8, 4) is 27.9 Å². The zero-order chi connectivity index (χ0) is 49.4. The minimum Gasteiger partial charge on any atom is -0.310 e. The van der Waals surface area contributed by atoms with E-state index in [0.29, 0.717) is 0 Å². The van der Waals surface area contributed by atoms with Gasteiger partial charge in [-0.25, -0.2) is 0 Å². The Morgan fingerprint density at radius 3 is 1.68 bits per heavy atom. The van der Waals surface area contributed by atoms with E-state index in [1.54, 1.807) is 0 Å². The number of aromatic nitrogens is 1. The first-order valence-corrected chi connectivity index (χ1v) is 26.4. The summed E-state index contributed by atoms with van der Waals surface area (Å²) >= 11 is 1.85. The molecule has 3 heterocycles. The van der Waals surface area contributed by atoms with Crippen LogP contribution in [0.3, 0.4) is 0 Å². The van der Waals surface area contributed by atoms with Crippen LogP contribution in [0.2, 0.25) is 0 Å². The van der Waals surface area contributed by atoms with E-state index < -0.39 is 0 Å². The van der Waals surface area contributed by atoms with Crippen LogP contribution in [0.15, 0.2) is 279 Å². The largest absolute Gasteiger partial charge is 0.310 e. The van der Waals surface area contributed by atoms with Crippen molar-refractivity contribution in [2.75, 3.05) is 14.7 Å². The van der Waals surface area contributed by atoms with Crippen LogP contribution >= 0.6 is 11.3 Å². The second-order valence-electron chi connectivity index (χ2n) is 19.3. The monoisotopic (exact) mass is 974 g/mol. The third-order valence-electron chi connectivity index (χ3n) is 15.0. The van der Waals surface area contributed by atoms with Gasteiger partial charge in [0.1, 0.15) is 5.82 Å². The number of para-hydroxylation sites is 5. The lowest BCUT2D eigenvalue weighted by atomic mass is 9.95. The van der Waals surface area contributed by atoms with Crippen molar-refractivity contribution in [1.82, 2.24) is 4.57 Å². The Kier molecular flexibility index (Phi) is 10.0. The van der Waals surface area contributed by atoms with Crippen LogP contribution in [-0.4, -0.2) is 4.57 Å². The summed E-state index contributed by atoms with van der Waals surface area (Å²) in [5.41, 5.74) is 15.7. The van der Waals surface area contributed by atoms with E-state index in [0.717, 1.165) is 84.8 Å². The third-order valence-corrected chi connectivity index (χ3v) is 16.2. The standard InChI is InChI=1S/C70H46N4S/c1-4-21-52(22-5-1)72-63-30-13-14-31-64(63)73(53-23-6-2-7-24-53)70-69(72)68-60(29-17-32-65(68)74(70)54-25-8-3-9-26-54)50-20-16-19-49(44-50)47-36-38-55(39-37-47)71(57-41-43-67-62(46-57)61-28-12-15-33-66(61)75-67)56-40-42-59-51(45-56)35-34-48-18-10-11-27-58(48)59/h1-46H. The molecule has 4 nitrogen and oxygen atoms in total. The summed E-state index contributed by atoms with van der Waals surface area (Å²) in [5.74, 6) is 1.08. The summed E-state index contributed by atoms with van der Waals surface area (Å²) in [5, 5.41) is 8.73. The molecule has 15 rings (SSSR count). The van der Waals surface area contributed by atoms with Crippen LogP contribution < -0.4 is 14.7 Å². The minimum absolute atomic E-state index is 1.08. The summed E-state index contributed by atoms with van der Waals surface area (Å²) in [4.78, 5) is 7.33. The summed E-state index contributed by atoms with van der Waals surface area (Å²) in [6.45, 7) is 0. The zero-order valence-corrected chi connectivity index (χ0v) is 41.6. The smallest absolute Gasteiger partial charge is 0.148 e. The Labute approximate surface area is 439 Å². The number of nitrogens with zero attached hydrogens (tertiary/aromatic N) is 4. The Morgan fingerprint density at radius 2 is 0.893 bits per heavy atom.